The van der Waals surface area contributed by atoms with Gasteiger partial charge in [0, 0.05) is 25.2 Å². The quantitative estimate of drug-likeness (QED) is 0.770. The average molecular weight is 353 g/mol. The number of methoxy groups -OCH3 is 3. The minimum atomic E-state index is -0.843. The average Bonchev–Trinajstić information content (AvgIpc) is 3.03. The van der Waals surface area contributed by atoms with Gasteiger partial charge in [-0.05, 0) is 19.1 Å². The molecule has 2 heterocycles. The Bertz CT molecular complexity index is 564. The fourth-order valence-corrected chi connectivity index (χ4v) is 3.29. The highest BCUT2D eigenvalue weighted by molar-refractivity contribution is 5.54. The van der Waals surface area contributed by atoms with Gasteiger partial charge in [0.25, 0.3) is 0 Å². The summed E-state index contributed by atoms with van der Waals surface area (Å²) < 4.78 is 33.9. The van der Waals surface area contributed by atoms with E-state index in [4.69, 9.17) is 28.4 Å². The molecule has 0 saturated carbocycles. The summed E-state index contributed by atoms with van der Waals surface area (Å²) in [6, 6.07) is 3.75. The van der Waals surface area contributed by atoms with Crippen molar-refractivity contribution in [2.24, 2.45) is 0 Å². The molecule has 1 aromatic carbocycles. The molecular weight excluding hydrogens is 326 g/mol. The van der Waals surface area contributed by atoms with E-state index >= 15 is 0 Å². The molecule has 7 nitrogen and oxygen atoms in total. The molecule has 0 radical (unpaired) electrons. The number of ether oxygens (including phenoxy) is 6. The third-order valence-corrected chi connectivity index (χ3v) is 4.69. The molecule has 1 aromatic rings. The first kappa shape index (κ1) is 18.3. The first-order valence-corrected chi connectivity index (χ1v) is 8.52. The van der Waals surface area contributed by atoms with Gasteiger partial charge in [0.05, 0.1) is 47.3 Å². The van der Waals surface area contributed by atoms with Crippen LogP contribution < -0.4 is 14.2 Å². The van der Waals surface area contributed by atoms with Crippen LogP contribution in [0.25, 0.3) is 0 Å². The molecule has 0 bridgehead atoms. The molecule has 3 rings (SSSR count). The summed E-state index contributed by atoms with van der Waals surface area (Å²) in [7, 11) is 4.78. The van der Waals surface area contributed by atoms with Crippen LogP contribution in [0.3, 0.4) is 0 Å². The van der Waals surface area contributed by atoms with Gasteiger partial charge in [-0.25, -0.2) is 0 Å². The van der Waals surface area contributed by atoms with Crippen LogP contribution in [0.15, 0.2) is 12.1 Å². The monoisotopic (exact) mass is 353 g/mol. The van der Waals surface area contributed by atoms with Crippen LogP contribution in [0.5, 0.6) is 17.2 Å². The lowest BCUT2D eigenvalue weighted by Crippen LogP contribution is -2.42. The van der Waals surface area contributed by atoms with Crippen molar-refractivity contribution in [3.8, 4) is 17.2 Å². The minimum absolute atomic E-state index is 0.0159. The van der Waals surface area contributed by atoms with Crippen molar-refractivity contribution >= 4 is 0 Å². The number of hydrogen-bond acceptors (Lipinski definition) is 7. The van der Waals surface area contributed by atoms with Crippen molar-refractivity contribution < 1.29 is 28.4 Å². The van der Waals surface area contributed by atoms with E-state index in [2.05, 4.69) is 4.90 Å². The SMILES string of the molecule is COc1cc(C2(C)OCC(CN3CCOCC3)O2)cc(OC)c1OC. The summed E-state index contributed by atoms with van der Waals surface area (Å²) in [6.07, 6.45) is 0.0159. The molecule has 0 aliphatic carbocycles. The molecule has 2 saturated heterocycles. The second kappa shape index (κ2) is 7.78. The van der Waals surface area contributed by atoms with Crippen LogP contribution in [-0.2, 0) is 20.0 Å². The van der Waals surface area contributed by atoms with E-state index in [1.165, 1.54) is 0 Å². The molecule has 2 fully saturated rings. The Morgan fingerprint density at radius 2 is 1.72 bits per heavy atom. The molecule has 2 unspecified atom stereocenters. The van der Waals surface area contributed by atoms with Crippen molar-refractivity contribution in [1.29, 1.82) is 0 Å². The van der Waals surface area contributed by atoms with Crippen LogP contribution in [0, 0.1) is 0 Å². The number of hydrogen-bond donors (Lipinski definition) is 0. The molecule has 2 aliphatic heterocycles. The number of morpholine rings is 1. The predicted molar refractivity (Wildman–Crippen MR) is 91.5 cm³/mol. The molecule has 140 valence electrons. The Labute approximate surface area is 148 Å². The zero-order valence-electron chi connectivity index (χ0n) is 15.4. The second-order valence-corrected chi connectivity index (χ2v) is 6.32. The Kier molecular flexibility index (Phi) is 5.68. The van der Waals surface area contributed by atoms with Crippen LogP contribution in [0.1, 0.15) is 12.5 Å². The van der Waals surface area contributed by atoms with Crippen molar-refractivity contribution in [2.75, 3.05) is 60.8 Å². The van der Waals surface area contributed by atoms with E-state index in [0.29, 0.717) is 23.9 Å². The molecular formula is C18H27NO6. The van der Waals surface area contributed by atoms with E-state index in [0.717, 1.165) is 38.4 Å². The third kappa shape index (κ3) is 3.84. The van der Waals surface area contributed by atoms with Gasteiger partial charge in [-0.15, -0.1) is 0 Å². The van der Waals surface area contributed by atoms with Gasteiger partial charge >= 0.3 is 0 Å². The Balaban J connectivity index is 1.76. The first-order chi connectivity index (χ1) is 12.1. The van der Waals surface area contributed by atoms with Gasteiger partial charge in [-0.2, -0.15) is 0 Å². The molecule has 25 heavy (non-hydrogen) atoms. The van der Waals surface area contributed by atoms with Crippen LogP contribution in [-0.4, -0.2) is 71.8 Å². The van der Waals surface area contributed by atoms with Gasteiger partial charge < -0.3 is 28.4 Å². The normalized spacial score (nSPS) is 27.3. The number of rotatable bonds is 6. The van der Waals surface area contributed by atoms with Crippen molar-refractivity contribution in [1.82, 2.24) is 4.90 Å². The summed E-state index contributed by atoms with van der Waals surface area (Å²) in [4.78, 5) is 2.35. The summed E-state index contributed by atoms with van der Waals surface area (Å²) in [6.45, 7) is 6.72. The first-order valence-electron chi connectivity index (χ1n) is 8.52. The van der Waals surface area contributed by atoms with Crippen LogP contribution in [0.4, 0.5) is 0 Å². The molecule has 2 atom stereocenters. The summed E-state index contributed by atoms with van der Waals surface area (Å²) in [5, 5.41) is 0. The minimum Gasteiger partial charge on any atom is -0.493 e. The zero-order chi connectivity index (χ0) is 17.9. The topological polar surface area (TPSA) is 58.6 Å². The molecule has 7 heteroatoms. The molecule has 2 aliphatic rings. The Hall–Kier alpha value is -1.54. The standard InChI is InChI=1S/C18H27NO6/c1-18(13-9-15(20-2)17(22-4)16(10-13)21-3)24-12-14(25-18)11-19-5-7-23-8-6-19/h9-10,14H,5-8,11-12H2,1-4H3. The molecule has 0 spiro atoms. The van der Waals surface area contributed by atoms with Crippen LogP contribution in [0.2, 0.25) is 0 Å². The summed E-state index contributed by atoms with van der Waals surface area (Å²) >= 11 is 0. The number of benzene rings is 1. The van der Waals surface area contributed by atoms with E-state index in [1.807, 2.05) is 19.1 Å². The van der Waals surface area contributed by atoms with Gasteiger partial charge in [-0.1, -0.05) is 0 Å². The Morgan fingerprint density at radius 1 is 1.08 bits per heavy atom. The van der Waals surface area contributed by atoms with Crippen molar-refractivity contribution in [2.45, 2.75) is 18.8 Å². The van der Waals surface area contributed by atoms with E-state index in [-0.39, 0.29) is 6.10 Å². The van der Waals surface area contributed by atoms with E-state index < -0.39 is 5.79 Å². The van der Waals surface area contributed by atoms with E-state index in [9.17, 15) is 0 Å². The lowest BCUT2D eigenvalue weighted by atomic mass is 10.1. The van der Waals surface area contributed by atoms with Crippen molar-refractivity contribution in [3.63, 3.8) is 0 Å². The maximum absolute atomic E-state index is 6.25. The fourth-order valence-electron chi connectivity index (χ4n) is 3.29. The van der Waals surface area contributed by atoms with Gasteiger partial charge in [-0.3, -0.25) is 4.90 Å². The molecule has 0 amide bonds. The van der Waals surface area contributed by atoms with Crippen LogP contribution >= 0.6 is 0 Å². The fraction of sp³-hybridized carbons (Fsp3) is 0.667. The number of nitrogens with zero attached hydrogens (tertiary/aromatic N) is 1. The smallest absolute Gasteiger partial charge is 0.203 e. The third-order valence-electron chi connectivity index (χ3n) is 4.69. The summed E-state index contributed by atoms with van der Waals surface area (Å²) in [5.41, 5.74) is 0.839. The maximum atomic E-state index is 6.25. The highest BCUT2D eigenvalue weighted by atomic mass is 16.7. The zero-order valence-corrected chi connectivity index (χ0v) is 15.4. The maximum Gasteiger partial charge on any atom is 0.203 e. The summed E-state index contributed by atoms with van der Waals surface area (Å²) in [5.74, 6) is 0.882. The highest BCUT2D eigenvalue weighted by Gasteiger charge is 2.40. The van der Waals surface area contributed by atoms with Gasteiger partial charge in [0.15, 0.2) is 17.3 Å². The second-order valence-electron chi connectivity index (χ2n) is 6.32. The lowest BCUT2D eigenvalue weighted by molar-refractivity contribution is -0.164. The van der Waals surface area contributed by atoms with Gasteiger partial charge in [0.1, 0.15) is 0 Å². The van der Waals surface area contributed by atoms with Crippen molar-refractivity contribution in [3.05, 3.63) is 17.7 Å². The predicted octanol–water partition coefficient (Wildman–Crippen LogP) is 1.63. The highest BCUT2D eigenvalue weighted by Crippen LogP contribution is 2.43. The Morgan fingerprint density at radius 3 is 2.28 bits per heavy atom. The van der Waals surface area contributed by atoms with E-state index in [1.54, 1.807) is 21.3 Å². The largest absolute Gasteiger partial charge is 0.493 e. The lowest BCUT2D eigenvalue weighted by Gasteiger charge is -2.29. The molecule has 0 aromatic heterocycles. The molecule has 0 N–H and O–H groups in total. The van der Waals surface area contributed by atoms with Gasteiger partial charge in [0.2, 0.25) is 5.75 Å².